The number of carbonyl (C=O) groups excluding carboxylic acids is 15. The number of nitrogens with one attached hydrogen (secondary N) is 4. The molecule has 0 unspecified atom stereocenters. The maximum absolute atomic E-state index is 15.0. The van der Waals surface area contributed by atoms with Gasteiger partial charge in [0, 0.05) is 72.0 Å². The molecule has 0 radical (unpaired) electrons. The van der Waals surface area contributed by atoms with Crippen molar-refractivity contribution in [3.05, 3.63) is 0 Å². The first-order valence-electron chi connectivity index (χ1n) is 42.6. The minimum Gasteiger partial charge on any atom is -0.370 e. The van der Waals surface area contributed by atoms with Crippen LogP contribution in [-0.4, -0.2) is 306 Å². The molecule has 114 heavy (non-hydrogen) atoms. The molecule has 0 spiro atoms. The highest BCUT2D eigenvalue weighted by Gasteiger charge is 2.54. The second-order valence-corrected chi connectivity index (χ2v) is 35.1. The number of hydrogen-bond acceptors (Lipinski definition) is 17. The number of nitrogens with zero attached hydrogens (tertiary/aromatic N) is 11. The Morgan fingerprint density at radius 1 is 0.307 bits per heavy atom. The Kier molecular flexibility index (Phi) is 30.2. The van der Waals surface area contributed by atoms with Gasteiger partial charge >= 0.3 is 0 Å². The standard InChI is InChI=1S/C80H129N19O15/c1-46(2)42-51(65(82)100)86-66(101)52(43-47(3)4)87-67(102)53(44-48(5)6)88-68(103)54(45-49(7)8)89-69(104)55-21-10-32-90(55)71(106)57-23-12-34-92(57)73(108)59-25-14-36-94(59)75(110)61-27-16-38-96(61)77(112)63-29-18-40-98(63)79(114)64-30-19-41-99(64)78(113)62-28-17-39-97(62)76(111)60-26-15-37-95(60)74(109)58-24-13-35-93(58)72(107)56-22-11-33-91(56)70(105)50(81)20-9-31-85-80(83)84/h46-64H,9-45,81H2,1-8H3,(H2,82,100)(H,86,101)(H,87,102)(H,88,103)(H,89,104)(H4,83,84,85)/t50-,51-,52-,53-,54-,55-,56-,57-,58-,59-,60-,61-,62-,63-,64-/m0/s1. The van der Waals surface area contributed by atoms with E-state index in [9.17, 15) is 52.7 Å². The molecule has 634 valence electrons. The quantitative estimate of drug-likeness (QED) is 0.0255. The van der Waals surface area contributed by atoms with Gasteiger partial charge in [-0.2, -0.15) is 0 Å². The van der Waals surface area contributed by atoms with Gasteiger partial charge < -0.3 is 93.2 Å². The van der Waals surface area contributed by atoms with Crippen molar-refractivity contribution in [1.29, 1.82) is 0 Å². The van der Waals surface area contributed by atoms with Crippen LogP contribution in [-0.2, 0) is 71.9 Å². The van der Waals surface area contributed by atoms with Crippen molar-refractivity contribution in [2.24, 2.45) is 51.6 Å². The first kappa shape index (κ1) is 87.7. The third-order valence-corrected chi connectivity index (χ3v) is 24.9. The topological polar surface area (TPSA) is 453 Å². The van der Waals surface area contributed by atoms with Crippen LogP contribution in [0.25, 0.3) is 0 Å². The summed E-state index contributed by atoms with van der Waals surface area (Å²) in [7, 11) is 0. The van der Waals surface area contributed by atoms with Crippen molar-refractivity contribution in [2.75, 3.05) is 72.0 Å². The summed E-state index contributed by atoms with van der Waals surface area (Å²) in [6, 6.07) is -14.1. The second-order valence-electron chi connectivity index (χ2n) is 35.1. The van der Waals surface area contributed by atoms with Gasteiger partial charge in [-0.3, -0.25) is 76.9 Å². The molecule has 0 aliphatic carbocycles. The Morgan fingerprint density at radius 2 is 0.518 bits per heavy atom. The lowest BCUT2D eigenvalue weighted by atomic mass is 9.98. The van der Waals surface area contributed by atoms with Crippen LogP contribution < -0.4 is 44.2 Å². The van der Waals surface area contributed by atoms with Gasteiger partial charge in [0.1, 0.15) is 84.6 Å². The molecule has 10 saturated heterocycles. The molecule has 15 amide bonds. The Hall–Kier alpha value is -8.72. The molecule has 10 fully saturated rings. The maximum Gasteiger partial charge on any atom is 0.246 e. The third kappa shape index (κ3) is 20.4. The lowest BCUT2D eigenvalue weighted by molar-refractivity contribution is -0.155. The monoisotopic (exact) mass is 1600 g/mol. The van der Waals surface area contributed by atoms with E-state index < -0.39 is 138 Å². The van der Waals surface area contributed by atoms with Crippen molar-refractivity contribution < 1.29 is 71.9 Å². The smallest absolute Gasteiger partial charge is 0.246 e. The van der Waals surface area contributed by atoms with Crippen LogP contribution >= 0.6 is 0 Å². The molecule has 10 aliphatic rings. The summed E-state index contributed by atoms with van der Waals surface area (Å²) in [4.78, 5) is 236. The second kappa shape index (κ2) is 39.3. The minimum atomic E-state index is -1.13. The van der Waals surface area contributed by atoms with E-state index in [0.717, 1.165) is 0 Å². The Balaban J connectivity index is 0.733. The fourth-order valence-electron chi connectivity index (χ4n) is 19.4. The van der Waals surface area contributed by atoms with Crippen LogP contribution in [0, 0.1) is 23.7 Å². The number of rotatable bonds is 31. The first-order chi connectivity index (χ1) is 54.3. The molecule has 10 rings (SSSR count). The van der Waals surface area contributed by atoms with E-state index in [4.69, 9.17) is 22.9 Å². The van der Waals surface area contributed by atoms with Crippen LogP contribution in [0.3, 0.4) is 0 Å². The van der Waals surface area contributed by atoms with E-state index in [2.05, 4.69) is 26.3 Å². The van der Waals surface area contributed by atoms with Gasteiger partial charge in [0.05, 0.1) is 6.04 Å². The number of nitrogens with two attached hydrogens (primary N) is 4. The van der Waals surface area contributed by atoms with Gasteiger partial charge in [-0.1, -0.05) is 55.4 Å². The first-order valence-corrected chi connectivity index (χ1v) is 42.6. The van der Waals surface area contributed by atoms with Gasteiger partial charge in [-0.25, -0.2) is 0 Å². The van der Waals surface area contributed by atoms with Gasteiger partial charge in [-0.15, -0.1) is 0 Å². The number of primary amides is 1. The number of hydrogen-bond donors (Lipinski definition) is 8. The van der Waals surface area contributed by atoms with Crippen LogP contribution in [0.2, 0.25) is 0 Å². The van der Waals surface area contributed by atoms with E-state index >= 15 is 19.2 Å². The summed E-state index contributed by atoms with van der Waals surface area (Å²) in [5.41, 5.74) is 22.9. The van der Waals surface area contributed by atoms with E-state index in [1.807, 2.05) is 55.4 Å². The lowest BCUT2D eigenvalue weighted by Gasteiger charge is -2.37. The molecule has 0 aromatic heterocycles. The number of carbonyl (C=O) groups is 15. The van der Waals surface area contributed by atoms with Crippen molar-refractivity contribution in [3.63, 3.8) is 0 Å². The number of aliphatic imine (C=N–C) groups is 1. The molecule has 34 heteroatoms. The Morgan fingerprint density at radius 3 is 0.763 bits per heavy atom. The fourth-order valence-corrected chi connectivity index (χ4v) is 19.4. The summed E-state index contributed by atoms with van der Waals surface area (Å²) in [6.45, 7) is 18.1. The molecule has 10 heterocycles. The molecule has 0 aromatic carbocycles. The largest absolute Gasteiger partial charge is 0.370 e. The molecule has 10 aliphatic heterocycles. The van der Waals surface area contributed by atoms with Gasteiger partial charge in [0.25, 0.3) is 0 Å². The summed E-state index contributed by atoms with van der Waals surface area (Å²) in [5, 5.41) is 11.3. The SMILES string of the molecule is CC(C)C[C@H](NC(=O)[C@H](CC(C)C)NC(=O)[C@H](CC(C)C)NC(=O)[C@H](CC(C)C)NC(=O)[C@@H]1CCCN1C(=O)[C@@H]1CCCN1C(=O)[C@@H]1CCCN1C(=O)[C@@H]1CCCN1C(=O)[C@@H]1CCCN1C(=O)[C@@H]1CCCN1C(=O)[C@@H]1CCCN1C(=O)[C@@H]1CCCN1C(=O)[C@@H]1CCCN1C(=O)[C@@H]1CCCN1C(=O)[C@@H](N)CCCN=C(N)N)C(N)=O. The van der Waals surface area contributed by atoms with E-state index in [0.29, 0.717) is 161 Å². The average Bonchev–Trinajstić information content (AvgIpc) is 1.63. The van der Waals surface area contributed by atoms with Crippen LogP contribution in [0.5, 0.6) is 0 Å². The van der Waals surface area contributed by atoms with Crippen molar-refractivity contribution >= 4 is 94.6 Å². The van der Waals surface area contributed by atoms with Crippen LogP contribution in [0.1, 0.15) is 222 Å². The highest BCUT2D eigenvalue weighted by Crippen LogP contribution is 2.37. The highest BCUT2D eigenvalue weighted by molar-refractivity contribution is 6.02. The highest BCUT2D eigenvalue weighted by atomic mass is 16.2. The van der Waals surface area contributed by atoms with E-state index in [1.165, 1.54) is 19.6 Å². The molecule has 34 nitrogen and oxygen atoms in total. The van der Waals surface area contributed by atoms with Gasteiger partial charge in [0.15, 0.2) is 5.96 Å². The summed E-state index contributed by atoms with van der Waals surface area (Å²) >= 11 is 0. The lowest BCUT2D eigenvalue weighted by Crippen LogP contribution is -2.60. The summed E-state index contributed by atoms with van der Waals surface area (Å²) in [6.07, 6.45) is 10.3. The maximum atomic E-state index is 15.0. The zero-order valence-corrected chi connectivity index (χ0v) is 68.5. The molecule has 0 aromatic rings. The third-order valence-electron chi connectivity index (χ3n) is 24.9. The predicted molar refractivity (Wildman–Crippen MR) is 420 cm³/mol. The van der Waals surface area contributed by atoms with E-state index in [1.54, 1.807) is 29.4 Å². The normalized spacial score (nSPS) is 26.4. The Bertz CT molecular complexity index is 3590. The van der Waals surface area contributed by atoms with Crippen LogP contribution in [0.15, 0.2) is 4.99 Å². The zero-order chi connectivity index (χ0) is 82.7. The van der Waals surface area contributed by atoms with Gasteiger partial charge in [-0.05, 0) is 191 Å². The summed E-state index contributed by atoms with van der Waals surface area (Å²) in [5.74, 6) is -7.10. The van der Waals surface area contributed by atoms with Crippen molar-refractivity contribution in [1.82, 2.24) is 70.3 Å². The zero-order valence-electron chi connectivity index (χ0n) is 68.5. The van der Waals surface area contributed by atoms with Gasteiger partial charge in [0.2, 0.25) is 88.6 Å². The fraction of sp³-hybridized carbons (Fsp3) is 0.800. The Labute approximate surface area is 670 Å². The molecule has 15 atom stereocenters. The molecular weight excluding hydrogens is 1470 g/mol. The predicted octanol–water partition coefficient (Wildman–Crippen LogP) is -0.114. The number of amides is 15. The molecule has 12 N–H and O–H groups in total. The molecule has 0 bridgehead atoms. The van der Waals surface area contributed by atoms with Crippen molar-refractivity contribution in [2.45, 2.75) is 313 Å². The van der Waals surface area contributed by atoms with E-state index in [-0.39, 0.29) is 149 Å². The molecular formula is C80H129N19O15. The van der Waals surface area contributed by atoms with Crippen molar-refractivity contribution in [3.8, 4) is 0 Å². The van der Waals surface area contributed by atoms with Crippen LogP contribution in [0.4, 0.5) is 0 Å². The average molecular weight is 1600 g/mol. The minimum absolute atomic E-state index is 0.0361. The number of likely N-dealkylation sites (tertiary alicyclic amines) is 10. The molecule has 0 saturated carbocycles. The number of guanidine groups is 1. The summed E-state index contributed by atoms with van der Waals surface area (Å²) < 4.78 is 0.